The Hall–Kier alpha value is -2.77. The van der Waals surface area contributed by atoms with E-state index in [0.717, 1.165) is 42.7 Å². The molecule has 1 aromatic heterocycles. The molecule has 1 saturated heterocycles. The largest absolute Gasteiger partial charge is 0.466 e. The highest BCUT2D eigenvalue weighted by Gasteiger charge is 2.20. The highest BCUT2D eigenvalue weighted by atomic mass is 16.5. The number of anilines is 2. The van der Waals surface area contributed by atoms with Gasteiger partial charge in [0.25, 0.3) is 0 Å². The molecule has 146 valence electrons. The second kappa shape index (κ2) is 7.85. The lowest BCUT2D eigenvalue weighted by Gasteiger charge is -2.30. The number of imidazole rings is 1. The Morgan fingerprint density at radius 3 is 2.33 bits per heavy atom. The van der Waals surface area contributed by atoms with Crippen molar-refractivity contribution in [2.45, 2.75) is 32.6 Å². The number of piperidine rings is 1. The van der Waals surface area contributed by atoms with Gasteiger partial charge in [-0.2, -0.15) is 0 Å². The van der Waals surface area contributed by atoms with Gasteiger partial charge < -0.3 is 15.0 Å². The summed E-state index contributed by atoms with van der Waals surface area (Å²) in [5.74, 6) is -0.977. The Morgan fingerprint density at radius 1 is 1.07 bits per heavy atom. The molecule has 0 bridgehead atoms. The molecule has 0 atom stereocenters. The van der Waals surface area contributed by atoms with E-state index in [2.05, 4.69) is 10.2 Å². The van der Waals surface area contributed by atoms with E-state index in [1.807, 2.05) is 12.1 Å². The van der Waals surface area contributed by atoms with Gasteiger partial charge in [0.15, 0.2) is 0 Å². The number of aryl methyl sites for hydroxylation is 2. The summed E-state index contributed by atoms with van der Waals surface area (Å²) in [5.41, 5.74) is 2.91. The molecule has 8 nitrogen and oxygen atoms in total. The van der Waals surface area contributed by atoms with E-state index < -0.39 is 11.9 Å². The minimum atomic E-state index is -0.553. The van der Waals surface area contributed by atoms with Crippen LogP contribution in [0, 0.1) is 0 Å². The van der Waals surface area contributed by atoms with Crippen molar-refractivity contribution in [3.8, 4) is 0 Å². The number of nitrogens with zero attached hydrogens (tertiary/aromatic N) is 3. The summed E-state index contributed by atoms with van der Waals surface area (Å²) in [4.78, 5) is 38.4. The quantitative estimate of drug-likeness (QED) is 0.637. The first kappa shape index (κ1) is 19.0. The second-order valence-corrected chi connectivity index (χ2v) is 6.84. The normalized spacial score (nSPS) is 14.4. The molecule has 2 heterocycles. The molecule has 0 saturated carbocycles. The van der Waals surface area contributed by atoms with Crippen molar-refractivity contribution in [1.82, 2.24) is 9.13 Å². The van der Waals surface area contributed by atoms with E-state index in [4.69, 9.17) is 4.74 Å². The van der Waals surface area contributed by atoms with Gasteiger partial charge in [0.1, 0.15) is 6.42 Å². The standard InChI is InChI=1S/C19H26N4O4/c1-4-27-18(25)12-17(24)20-13-10-15-16(22(3)19(26)21(15)2)11-14(13)23-8-6-5-7-9-23/h10-11H,4-9,12H2,1-3H3,(H,20,24). The maximum atomic E-state index is 12.3. The van der Waals surface area contributed by atoms with Crippen molar-refractivity contribution in [3.63, 3.8) is 0 Å². The zero-order valence-corrected chi connectivity index (χ0v) is 16.1. The molecule has 27 heavy (non-hydrogen) atoms. The predicted molar refractivity (Wildman–Crippen MR) is 104 cm³/mol. The fraction of sp³-hybridized carbons (Fsp3) is 0.526. The average molecular weight is 374 g/mol. The first-order valence-corrected chi connectivity index (χ1v) is 9.32. The van der Waals surface area contributed by atoms with Crippen LogP contribution < -0.4 is 15.9 Å². The third-order valence-corrected chi connectivity index (χ3v) is 4.97. The number of hydrogen-bond acceptors (Lipinski definition) is 5. The van der Waals surface area contributed by atoms with Crippen LogP contribution in [0.15, 0.2) is 16.9 Å². The number of amides is 1. The average Bonchev–Trinajstić information content (AvgIpc) is 2.86. The van der Waals surface area contributed by atoms with Crippen molar-refractivity contribution in [3.05, 3.63) is 22.6 Å². The van der Waals surface area contributed by atoms with Gasteiger partial charge in [-0.25, -0.2) is 4.79 Å². The lowest BCUT2D eigenvalue weighted by Crippen LogP contribution is -2.30. The van der Waals surface area contributed by atoms with Crippen LogP contribution in [0.3, 0.4) is 0 Å². The summed E-state index contributed by atoms with van der Waals surface area (Å²) in [6.07, 6.45) is 3.02. The van der Waals surface area contributed by atoms with Crippen molar-refractivity contribution in [2.75, 3.05) is 29.9 Å². The summed E-state index contributed by atoms with van der Waals surface area (Å²) >= 11 is 0. The smallest absolute Gasteiger partial charge is 0.328 e. The monoisotopic (exact) mass is 374 g/mol. The van der Waals surface area contributed by atoms with Gasteiger partial charge in [-0.05, 0) is 38.3 Å². The Kier molecular flexibility index (Phi) is 5.53. The number of rotatable bonds is 5. The van der Waals surface area contributed by atoms with Crippen LogP contribution in [-0.4, -0.2) is 40.7 Å². The SMILES string of the molecule is CCOC(=O)CC(=O)Nc1cc2c(cc1N1CCCCC1)n(C)c(=O)n2C. The molecule has 2 aromatic rings. The van der Waals surface area contributed by atoms with Crippen LogP contribution in [-0.2, 0) is 28.4 Å². The van der Waals surface area contributed by atoms with Crippen molar-refractivity contribution in [1.29, 1.82) is 0 Å². The first-order chi connectivity index (χ1) is 12.9. The van der Waals surface area contributed by atoms with Crippen molar-refractivity contribution < 1.29 is 14.3 Å². The molecule has 1 aromatic carbocycles. The van der Waals surface area contributed by atoms with Gasteiger partial charge in [0.05, 0.1) is 29.0 Å². The molecule has 1 aliphatic heterocycles. The predicted octanol–water partition coefficient (Wildman–Crippen LogP) is 1.76. The number of carbonyl (C=O) groups excluding carboxylic acids is 2. The Balaban J connectivity index is 2.00. The number of nitrogens with one attached hydrogen (secondary N) is 1. The first-order valence-electron chi connectivity index (χ1n) is 9.32. The zero-order valence-electron chi connectivity index (χ0n) is 16.1. The van der Waals surface area contributed by atoms with Gasteiger partial charge in [-0.1, -0.05) is 0 Å². The van der Waals surface area contributed by atoms with Gasteiger partial charge in [0.2, 0.25) is 5.91 Å². The van der Waals surface area contributed by atoms with E-state index in [0.29, 0.717) is 5.69 Å². The second-order valence-electron chi connectivity index (χ2n) is 6.84. The summed E-state index contributed by atoms with van der Waals surface area (Å²) in [7, 11) is 3.44. The van der Waals surface area contributed by atoms with Crippen LogP contribution in [0.25, 0.3) is 11.0 Å². The highest BCUT2D eigenvalue weighted by molar-refractivity contribution is 6.05. The van der Waals surface area contributed by atoms with Crippen LogP contribution in [0.5, 0.6) is 0 Å². The number of hydrogen-bond donors (Lipinski definition) is 1. The molecular formula is C19H26N4O4. The topological polar surface area (TPSA) is 85.6 Å². The fourth-order valence-electron chi connectivity index (χ4n) is 3.57. The molecule has 0 spiro atoms. The maximum absolute atomic E-state index is 12.3. The molecule has 8 heteroatoms. The highest BCUT2D eigenvalue weighted by Crippen LogP contribution is 2.33. The number of ether oxygens (including phenoxy) is 1. The van der Waals surface area contributed by atoms with Crippen LogP contribution in [0.1, 0.15) is 32.6 Å². The molecule has 0 radical (unpaired) electrons. The minimum absolute atomic E-state index is 0.121. The Bertz CT molecular complexity index is 922. The minimum Gasteiger partial charge on any atom is -0.466 e. The van der Waals surface area contributed by atoms with Gasteiger partial charge >= 0.3 is 11.7 Å². The number of benzene rings is 1. The molecule has 0 aliphatic carbocycles. The van der Waals surface area contributed by atoms with Gasteiger partial charge in [0, 0.05) is 27.2 Å². The summed E-state index contributed by atoms with van der Waals surface area (Å²) in [6, 6.07) is 3.76. The number of fused-ring (bicyclic) bond motifs is 1. The summed E-state index contributed by atoms with van der Waals surface area (Å²) in [6.45, 7) is 3.73. The lowest BCUT2D eigenvalue weighted by molar-refractivity contribution is -0.145. The molecule has 3 rings (SSSR count). The van der Waals surface area contributed by atoms with E-state index in [-0.39, 0.29) is 18.7 Å². The number of carbonyl (C=O) groups is 2. The lowest BCUT2D eigenvalue weighted by atomic mass is 10.1. The molecule has 0 unspecified atom stereocenters. The summed E-state index contributed by atoms with van der Waals surface area (Å²) in [5, 5.41) is 2.84. The van der Waals surface area contributed by atoms with Gasteiger partial charge in [-0.3, -0.25) is 18.7 Å². The fourth-order valence-corrected chi connectivity index (χ4v) is 3.57. The number of aromatic nitrogens is 2. The zero-order chi connectivity index (χ0) is 19.6. The van der Waals surface area contributed by atoms with E-state index in [1.54, 1.807) is 30.2 Å². The molecule has 1 amide bonds. The maximum Gasteiger partial charge on any atom is 0.328 e. The third kappa shape index (κ3) is 3.84. The number of esters is 1. The van der Waals surface area contributed by atoms with Gasteiger partial charge in [-0.15, -0.1) is 0 Å². The third-order valence-electron chi connectivity index (χ3n) is 4.97. The Morgan fingerprint density at radius 2 is 1.70 bits per heavy atom. The van der Waals surface area contributed by atoms with Crippen molar-refractivity contribution >= 4 is 34.3 Å². The van der Waals surface area contributed by atoms with Crippen LogP contribution in [0.4, 0.5) is 11.4 Å². The van der Waals surface area contributed by atoms with E-state index >= 15 is 0 Å². The van der Waals surface area contributed by atoms with Crippen LogP contribution in [0.2, 0.25) is 0 Å². The van der Waals surface area contributed by atoms with E-state index in [9.17, 15) is 14.4 Å². The van der Waals surface area contributed by atoms with Crippen molar-refractivity contribution in [2.24, 2.45) is 14.1 Å². The molecule has 1 fully saturated rings. The molecule has 1 aliphatic rings. The van der Waals surface area contributed by atoms with E-state index in [1.165, 1.54) is 6.42 Å². The molecule has 1 N–H and O–H groups in total. The summed E-state index contributed by atoms with van der Waals surface area (Å²) < 4.78 is 8.00. The molecular weight excluding hydrogens is 348 g/mol. The Labute approximate surface area is 157 Å². The van der Waals surface area contributed by atoms with Crippen LogP contribution >= 0.6 is 0 Å².